The summed E-state index contributed by atoms with van der Waals surface area (Å²) in [6.45, 7) is 1.68. The van der Waals surface area contributed by atoms with E-state index in [-0.39, 0.29) is 11.8 Å². The maximum absolute atomic E-state index is 11.9. The van der Waals surface area contributed by atoms with Gasteiger partial charge in [-0.1, -0.05) is 12.1 Å². The van der Waals surface area contributed by atoms with E-state index in [1.165, 1.54) is 0 Å². The first kappa shape index (κ1) is 12.5. The number of fused-ring (bicyclic) bond motifs is 1. The van der Waals surface area contributed by atoms with Crippen LogP contribution in [0.4, 0.5) is 0 Å². The predicted molar refractivity (Wildman–Crippen MR) is 66.6 cm³/mol. The maximum atomic E-state index is 11.9. The monoisotopic (exact) mass is 253 g/mol. The molecule has 0 fully saturated rings. The summed E-state index contributed by atoms with van der Waals surface area (Å²) in [6, 6.07) is 7.92. The van der Waals surface area contributed by atoms with Crippen LogP contribution in [-0.2, 0) is 9.84 Å². The lowest BCUT2D eigenvalue weighted by atomic mass is 10.1. The Morgan fingerprint density at radius 1 is 1.53 bits per heavy atom. The molecule has 0 saturated heterocycles. The highest BCUT2D eigenvalue weighted by Gasteiger charge is 2.33. The van der Waals surface area contributed by atoms with Crippen molar-refractivity contribution >= 4 is 9.84 Å². The largest absolute Gasteiger partial charge is 0.308 e. The molecule has 1 heterocycles. The van der Waals surface area contributed by atoms with Gasteiger partial charge in [0.05, 0.1) is 10.6 Å². The minimum absolute atomic E-state index is 0.0791. The lowest BCUT2D eigenvalue weighted by Crippen LogP contribution is -2.30. The second-order valence-corrected chi connectivity index (χ2v) is 6.56. The summed E-state index contributed by atoms with van der Waals surface area (Å²) in [5.74, 6) is 0.160. The Labute approximate surface area is 103 Å². The van der Waals surface area contributed by atoms with Crippen molar-refractivity contribution in [3.8, 4) is 0 Å². The van der Waals surface area contributed by atoms with Crippen molar-refractivity contribution in [1.82, 2.24) is 10.2 Å². The molecule has 0 aromatic heterocycles. The normalized spacial score (nSPS) is 21.7. The van der Waals surface area contributed by atoms with Crippen LogP contribution in [-0.4, -0.2) is 46.3 Å². The molecule has 1 N–H and O–H groups in total. The Balaban J connectivity index is 2.13. The SMILES string of the molecule is CN(C)CCNC1CS(=O)(=O)c2c[c]ccc21. The summed E-state index contributed by atoms with van der Waals surface area (Å²) in [6.07, 6.45) is 0. The summed E-state index contributed by atoms with van der Waals surface area (Å²) in [5, 5.41) is 3.29. The lowest BCUT2D eigenvalue weighted by molar-refractivity contribution is 0.390. The quantitative estimate of drug-likeness (QED) is 0.847. The van der Waals surface area contributed by atoms with Gasteiger partial charge in [-0.15, -0.1) is 0 Å². The Hall–Kier alpha value is -0.910. The van der Waals surface area contributed by atoms with E-state index < -0.39 is 9.84 Å². The fourth-order valence-corrected chi connectivity index (χ4v) is 3.75. The Kier molecular flexibility index (Phi) is 3.51. The van der Waals surface area contributed by atoms with Crippen LogP contribution in [0.15, 0.2) is 23.1 Å². The molecule has 1 aliphatic heterocycles. The van der Waals surface area contributed by atoms with Gasteiger partial charge in [-0.25, -0.2) is 8.42 Å². The van der Waals surface area contributed by atoms with Crippen LogP contribution in [0.2, 0.25) is 0 Å². The van der Waals surface area contributed by atoms with Crippen LogP contribution in [0.1, 0.15) is 11.6 Å². The van der Waals surface area contributed by atoms with Gasteiger partial charge >= 0.3 is 0 Å². The van der Waals surface area contributed by atoms with E-state index >= 15 is 0 Å². The van der Waals surface area contributed by atoms with E-state index in [0.717, 1.165) is 18.7 Å². The molecule has 1 unspecified atom stereocenters. The summed E-state index contributed by atoms with van der Waals surface area (Å²) in [7, 11) is 0.879. The fourth-order valence-electron chi connectivity index (χ4n) is 2.01. The highest BCUT2D eigenvalue weighted by Crippen LogP contribution is 2.32. The Bertz CT molecular complexity index is 497. The molecular weight excluding hydrogens is 236 g/mol. The Morgan fingerprint density at radius 2 is 2.29 bits per heavy atom. The van der Waals surface area contributed by atoms with Gasteiger partial charge in [0.15, 0.2) is 9.84 Å². The van der Waals surface area contributed by atoms with Crippen molar-refractivity contribution in [2.24, 2.45) is 0 Å². The molecule has 0 saturated carbocycles. The average molecular weight is 253 g/mol. The number of sulfone groups is 1. The first-order chi connectivity index (χ1) is 8.00. The summed E-state index contributed by atoms with van der Waals surface area (Å²) in [4.78, 5) is 2.50. The maximum Gasteiger partial charge on any atom is 0.180 e. The summed E-state index contributed by atoms with van der Waals surface area (Å²) >= 11 is 0. The van der Waals surface area contributed by atoms with Crippen LogP contribution in [0.25, 0.3) is 0 Å². The van der Waals surface area contributed by atoms with Crippen molar-refractivity contribution in [2.75, 3.05) is 32.9 Å². The first-order valence-electron chi connectivity index (χ1n) is 5.61. The Morgan fingerprint density at radius 3 is 3.00 bits per heavy atom. The van der Waals surface area contributed by atoms with Crippen LogP contribution >= 0.6 is 0 Å². The summed E-state index contributed by atoms with van der Waals surface area (Å²) in [5.41, 5.74) is 0.877. The zero-order valence-corrected chi connectivity index (χ0v) is 10.9. The van der Waals surface area contributed by atoms with E-state index in [9.17, 15) is 8.42 Å². The van der Waals surface area contributed by atoms with E-state index in [4.69, 9.17) is 0 Å². The molecule has 2 rings (SSSR count). The second kappa shape index (κ2) is 4.76. The smallest absolute Gasteiger partial charge is 0.180 e. The minimum atomic E-state index is -3.11. The van der Waals surface area contributed by atoms with Gasteiger partial charge in [0.1, 0.15) is 0 Å². The minimum Gasteiger partial charge on any atom is -0.308 e. The highest BCUT2D eigenvalue weighted by atomic mass is 32.2. The highest BCUT2D eigenvalue weighted by molar-refractivity contribution is 7.91. The third-order valence-electron chi connectivity index (χ3n) is 2.90. The van der Waals surface area contributed by atoms with E-state index in [1.54, 1.807) is 12.1 Å². The van der Waals surface area contributed by atoms with Gasteiger partial charge in [0.25, 0.3) is 0 Å². The third kappa shape index (κ3) is 2.68. The lowest BCUT2D eigenvalue weighted by Gasteiger charge is -2.15. The van der Waals surface area contributed by atoms with Crippen molar-refractivity contribution < 1.29 is 8.42 Å². The molecule has 5 heteroatoms. The molecule has 0 spiro atoms. The van der Waals surface area contributed by atoms with Crippen LogP contribution < -0.4 is 5.32 Å². The van der Waals surface area contributed by atoms with Gasteiger partial charge in [-0.3, -0.25) is 0 Å². The molecule has 1 aromatic rings. The summed E-state index contributed by atoms with van der Waals surface area (Å²) < 4.78 is 23.8. The molecular formula is C12H17N2O2S. The van der Waals surface area contributed by atoms with Gasteiger partial charge in [0.2, 0.25) is 0 Å². The molecule has 17 heavy (non-hydrogen) atoms. The number of nitrogens with zero attached hydrogens (tertiary/aromatic N) is 1. The number of rotatable bonds is 4. The van der Waals surface area contributed by atoms with Gasteiger partial charge in [-0.2, -0.15) is 0 Å². The number of hydrogen-bond donors (Lipinski definition) is 1. The number of benzene rings is 1. The van der Waals surface area contributed by atoms with Crippen molar-refractivity contribution in [2.45, 2.75) is 10.9 Å². The van der Waals surface area contributed by atoms with Gasteiger partial charge < -0.3 is 10.2 Å². The number of hydrogen-bond acceptors (Lipinski definition) is 4. The fraction of sp³-hybridized carbons (Fsp3) is 0.500. The van der Waals surface area contributed by atoms with E-state index in [0.29, 0.717) is 4.90 Å². The van der Waals surface area contributed by atoms with Crippen molar-refractivity contribution in [3.05, 3.63) is 29.8 Å². The van der Waals surface area contributed by atoms with Crippen molar-refractivity contribution in [1.29, 1.82) is 0 Å². The first-order valence-corrected chi connectivity index (χ1v) is 7.27. The molecule has 1 radical (unpaired) electrons. The molecule has 0 bridgehead atoms. The number of nitrogens with one attached hydrogen (secondary N) is 1. The predicted octanol–water partition coefficient (Wildman–Crippen LogP) is 0.466. The standard InChI is InChI=1S/C12H17N2O2S/c1-14(2)8-7-13-11-9-17(15,16)12-6-4-3-5-10(11)12/h3,5-6,11,13H,7-9H2,1-2H3. The van der Waals surface area contributed by atoms with E-state index in [2.05, 4.69) is 16.3 Å². The average Bonchev–Trinajstić information content (AvgIpc) is 2.51. The molecule has 93 valence electrons. The second-order valence-electron chi connectivity index (χ2n) is 4.56. The molecule has 0 aliphatic carbocycles. The molecule has 1 atom stereocenters. The topological polar surface area (TPSA) is 49.4 Å². The molecule has 4 nitrogen and oxygen atoms in total. The molecule has 0 amide bonds. The molecule has 1 aliphatic rings. The number of likely N-dealkylation sites (N-methyl/N-ethyl adjacent to an activating group) is 1. The third-order valence-corrected chi connectivity index (χ3v) is 4.70. The van der Waals surface area contributed by atoms with Gasteiger partial charge in [-0.05, 0) is 31.8 Å². The van der Waals surface area contributed by atoms with Crippen LogP contribution in [0, 0.1) is 6.07 Å². The molecule has 1 aromatic carbocycles. The van der Waals surface area contributed by atoms with E-state index in [1.807, 2.05) is 20.2 Å². The van der Waals surface area contributed by atoms with Gasteiger partial charge in [0, 0.05) is 19.1 Å². The zero-order chi connectivity index (χ0) is 12.5. The zero-order valence-electron chi connectivity index (χ0n) is 10.1. The van der Waals surface area contributed by atoms with Crippen molar-refractivity contribution in [3.63, 3.8) is 0 Å². The van der Waals surface area contributed by atoms with Crippen LogP contribution in [0.3, 0.4) is 0 Å². The van der Waals surface area contributed by atoms with Crippen LogP contribution in [0.5, 0.6) is 0 Å².